The summed E-state index contributed by atoms with van der Waals surface area (Å²) in [5, 5.41) is 4.34. The van der Waals surface area contributed by atoms with Gasteiger partial charge in [0.15, 0.2) is 0 Å². The molecule has 0 fully saturated rings. The Kier molecular flexibility index (Phi) is 4.67. The summed E-state index contributed by atoms with van der Waals surface area (Å²) in [6.07, 6.45) is 0.227. The molecule has 0 atom stereocenters. The van der Waals surface area contributed by atoms with Crippen LogP contribution < -0.4 is 10.9 Å². The standard InChI is InChI=1S/C19H17ClN2O2/c1-12-5-6-17-14(7-12)10-15(19(24)22-17)11-21-18(23)9-13-3-2-4-16(20)8-13/h2-8,10H,9,11H2,1H3,(H,21,23)(H,22,24). The van der Waals surface area contributed by atoms with E-state index in [2.05, 4.69) is 10.3 Å². The van der Waals surface area contributed by atoms with E-state index in [1.807, 2.05) is 37.3 Å². The molecule has 24 heavy (non-hydrogen) atoms. The number of nitrogens with one attached hydrogen (secondary N) is 2. The summed E-state index contributed by atoms with van der Waals surface area (Å²) in [6.45, 7) is 2.19. The summed E-state index contributed by atoms with van der Waals surface area (Å²) in [5.41, 5.74) is 3.09. The monoisotopic (exact) mass is 340 g/mol. The molecule has 0 unspecified atom stereocenters. The molecular formula is C19H17ClN2O2. The summed E-state index contributed by atoms with van der Waals surface area (Å²) >= 11 is 5.91. The Morgan fingerprint density at radius 3 is 2.79 bits per heavy atom. The molecule has 2 N–H and O–H groups in total. The first-order chi connectivity index (χ1) is 11.5. The number of hydrogen-bond donors (Lipinski definition) is 2. The number of H-pyrrole nitrogens is 1. The van der Waals surface area contributed by atoms with Crippen LogP contribution in [0.15, 0.2) is 53.3 Å². The molecule has 0 aliphatic carbocycles. The number of halogens is 1. The van der Waals surface area contributed by atoms with E-state index < -0.39 is 0 Å². The number of carbonyl (C=O) groups is 1. The predicted octanol–water partition coefficient (Wildman–Crippen LogP) is 3.35. The van der Waals surface area contributed by atoms with E-state index in [4.69, 9.17) is 11.6 Å². The molecule has 3 rings (SSSR count). The van der Waals surface area contributed by atoms with Gasteiger partial charge in [0, 0.05) is 22.6 Å². The second-order valence-electron chi connectivity index (χ2n) is 5.80. The molecule has 0 saturated carbocycles. The summed E-state index contributed by atoms with van der Waals surface area (Å²) in [5.74, 6) is -0.152. The molecule has 0 spiro atoms. The molecule has 1 aromatic heterocycles. The van der Waals surface area contributed by atoms with Gasteiger partial charge in [0.2, 0.25) is 5.91 Å². The number of hydrogen-bond acceptors (Lipinski definition) is 2. The van der Waals surface area contributed by atoms with Crippen LogP contribution in [0.2, 0.25) is 5.02 Å². The van der Waals surface area contributed by atoms with Crippen molar-refractivity contribution < 1.29 is 4.79 Å². The Labute approximate surface area is 144 Å². The van der Waals surface area contributed by atoms with Crippen molar-refractivity contribution in [3.05, 3.63) is 80.6 Å². The lowest BCUT2D eigenvalue weighted by molar-refractivity contribution is -0.120. The lowest BCUT2D eigenvalue weighted by Crippen LogP contribution is -2.27. The van der Waals surface area contributed by atoms with Crippen LogP contribution in [-0.2, 0) is 17.8 Å². The van der Waals surface area contributed by atoms with Crippen molar-refractivity contribution in [1.29, 1.82) is 0 Å². The maximum absolute atomic E-state index is 12.1. The SMILES string of the molecule is Cc1ccc2[nH]c(=O)c(CNC(=O)Cc3cccc(Cl)c3)cc2c1. The van der Waals surface area contributed by atoms with Gasteiger partial charge >= 0.3 is 0 Å². The average Bonchev–Trinajstić information content (AvgIpc) is 2.53. The largest absolute Gasteiger partial charge is 0.352 e. The van der Waals surface area contributed by atoms with Gasteiger partial charge in [-0.3, -0.25) is 9.59 Å². The molecule has 0 saturated heterocycles. The first kappa shape index (κ1) is 16.3. The van der Waals surface area contributed by atoms with Crippen LogP contribution in [0.3, 0.4) is 0 Å². The van der Waals surface area contributed by atoms with E-state index in [1.54, 1.807) is 18.2 Å². The van der Waals surface area contributed by atoms with Gasteiger partial charge in [0.05, 0.1) is 6.42 Å². The third-order valence-corrected chi connectivity index (χ3v) is 4.04. The highest BCUT2D eigenvalue weighted by molar-refractivity contribution is 6.30. The Hall–Kier alpha value is -2.59. The zero-order valence-corrected chi connectivity index (χ0v) is 14.0. The molecule has 1 heterocycles. The summed E-state index contributed by atoms with van der Waals surface area (Å²) in [7, 11) is 0. The molecule has 0 bridgehead atoms. The number of aromatic nitrogens is 1. The molecule has 1 amide bonds. The van der Waals surface area contributed by atoms with Crippen molar-refractivity contribution in [2.45, 2.75) is 19.9 Å². The normalized spacial score (nSPS) is 10.8. The second-order valence-corrected chi connectivity index (χ2v) is 6.23. The van der Waals surface area contributed by atoms with Crippen molar-refractivity contribution in [1.82, 2.24) is 10.3 Å². The highest BCUT2D eigenvalue weighted by atomic mass is 35.5. The number of amides is 1. The molecule has 0 aliphatic heterocycles. The maximum Gasteiger partial charge on any atom is 0.253 e. The summed E-state index contributed by atoms with van der Waals surface area (Å²) in [6, 6.07) is 14.8. The molecule has 122 valence electrons. The van der Waals surface area contributed by atoms with Crippen LogP contribution >= 0.6 is 11.6 Å². The van der Waals surface area contributed by atoms with Crippen LogP contribution in [0, 0.1) is 6.92 Å². The minimum absolute atomic E-state index is 0.152. The highest BCUT2D eigenvalue weighted by Crippen LogP contribution is 2.13. The van der Waals surface area contributed by atoms with E-state index in [0.29, 0.717) is 10.6 Å². The van der Waals surface area contributed by atoms with Gasteiger partial charge in [-0.25, -0.2) is 0 Å². The first-order valence-electron chi connectivity index (χ1n) is 7.65. The fourth-order valence-corrected chi connectivity index (χ4v) is 2.80. The van der Waals surface area contributed by atoms with Gasteiger partial charge in [0.1, 0.15) is 0 Å². The van der Waals surface area contributed by atoms with E-state index in [-0.39, 0.29) is 24.4 Å². The molecule has 5 heteroatoms. The maximum atomic E-state index is 12.1. The fourth-order valence-electron chi connectivity index (χ4n) is 2.59. The van der Waals surface area contributed by atoms with Crippen molar-refractivity contribution in [3.63, 3.8) is 0 Å². The molecule has 0 radical (unpaired) electrons. The lowest BCUT2D eigenvalue weighted by Gasteiger charge is -2.07. The fraction of sp³-hybridized carbons (Fsp3) is 0.158. The van der Waals surface area contributed by atoms with Crippen LogP contribution in [0.25, 0.3) is 10.9 Å². The van der Waals surface area contributed by atoms with E-state index in [1.165, 1.54) is 0 Å². The number of carbonyl (C=O) groups excluding carboxylic acids is 1. The van der Waals surface area contributed by atoms with Gasteiger partial charge in [0.25, 0.3) is 5.56 Å². The number of rotatable bonds is 4. The van der Waals surface area contributed by atoms with E-state index >= 15 is 0 Å². The Morgan fingerprint density at radius 2 is 2.00 bits per heavy atom. The van der Waals surface area contributed by atoms with Gasteiger partial charge < -0.3 is 10.3 Å². The quantitative estimate of drug-likeness (QED) is 0.765. The van der Waals surface area contributed by atoms with Crippen LogP contribution in [0.5, 0.6) is 0 Å². The highest BCUT2D eigenvalue weighted by Gasteiger charge is 2.07. The molecule has 4 nitrogen and oxygen atoms in total. The van der Waals surface area contributed by atoms with Crippen molar-refractivity contribution in [2.75, 3.05) is 0 Å². The zero-order valence-electron chi connectivity index (χ0n) is 13.2. The number of pyridine rings is 1. The van der Waals surface area contributed by atoms with Gasteiger partial charge in [-0.05, 0) is 48.2 Å². The third kappa shape index (κ3) is 3.84. The average molecular weight is 341 g/mol. The summed E-state index contributed by atoms with van der Waals surface area (Å²) in [4.78, 5) is 27.0. The minimum atomic E-state index is -0.186. The van der Waals surface area contributed by atoms with Crippen molar-refractivity contribution in [3.8, 4) is 0 Å². The van der Waals surface area contributed by atoms with Gasteiger partial charge in [-0.1, -0.05) is 35.4 Å². The molecule has 2 aromatic carbocycles. The molecule has 3 aromatic rings. The van der Waals surface area contributed by atoms with Crippen molar-refractivity contribution >= 4 is 28.4 Å². The number of benzene rings is 2. The Balaban J connectivity index is 1.72. The van der Waals surface area contributed by atoms with Crippen LogP contribution in [0.4, 0.5) is 0 Å². The van der Waals surface area contributed by atoms with Gasteiger partial charge in [-0.15, -0.1) is 0 Å². The van der Waals surface area contributed by atoms with Crippen LogP contribution in [0.1, 0.15) is 16.7 Å². The van der Waals surface area contributed by atoms with Crippen molar-refractivity contribution in [2.24, 2.45) is 0 Å². The zero-order chi connectivity index (χ0) is 17.1. The Bertz CT molecular complexity index is 963. The summed E-state index contributed by atoms with van der Waals surface area (Å²) < 4.78 is 0. The van der Waals surface area contributed by atoms with Gasteiger partial charge in [-0.2, -0.15) is 0 Å². The smallest absolute Gasteiger partial charge is 0.253 e. The predicted molar refractivity (Wildman–Crippen MR) is 96.3 cm³/mol. The topological polar surface area (TPSA) is 62.0 Å². The number of fused-ring (bicyclic) bond motifs is 1. The Morgan fingerprint density at radius 1 is 1.17 bits per heavy atom. The second kappa shape index (κ2) is 6.89. The number of aromatic amines is 1. The van der Waals surface area contributed by atoms with Crippen LogP contribution in [-0.4, -0.2) is 10.9 Å². The third-order valence-electron chi connectivity index (χ3n) is 3.81. The lowest BCUT2D eigenvalue weighted by atomic mass is 10.1. The minimum Gasteiger partial charge on any atom is -0.352 e. The first-order valence-corrected chi connectivity index (χ1v) is 8.03. The van der Waals surface area contributed by atoms with E-state index in [9.17, 15) is 9.59 Å². The molecule has 0 aliphatic rings. The van der Waals surface area contributed by atoms with E-state index in [0.717, 1.165) is 22.0 Å². The number of aryl methyl sites for hydroxylation is 1. The molecular weight excluding hydrogens is 324 g/mol.